The molecule has 0 aliphatic heterocycles. The molecule has 1 fully saturated rings. The first kappa shape index (κ1) is 34.4. The number of carbonyl (C=O) groups is 2. The van der Waals surface area contributed by atoms with Crippen LogP contribution in [-0.4, -0.2) is 64.2 Å². The summed E-state index contributed by atoms with van der Waals surface area (Å²) in [6.45, 7) is -0.744. The summed E-state index contributed by atoms with van der Waals surface area (Å²) in [5.74, 6) is -0.348. The molecule has 3 aromatic rings. The molecule has 0 unspecified atom stereocenters. The van der Waals surface area contributed by atoms with Crippen molar-refractivity contribution in [2.75, 3.05) is 31.3 Å². The van der Waals surface area contributed by atoms with E-state index in [-0.39, 0.29) is 36.4 Å². The fraction of sp³-hybridized carbons (Fsp3) is 0.394. The van der Waals surface area contributed by atoms with Gasteiger partial charge in [0.05, 0.1) is 26.2 Å². The number of amides is 2. The topological polar surface area (TPSA) is 105 Å². The quantitative estimate of drug-likeness (QED) is 0.243. The van der Waals surface area contributed by atoms with Gasteiger partial charge in [-0.05, 0) is 42.7 Å². The number of anilines is 1. The highest BCUT2D eigenvalue weighted by atomic mass is 35.5. The van der Waals surface area contributed by atoms with Crippen LogP contribution >= 0.6 is 23.2 Å². The predicted octanol–water partition coefficient (Wildman–Crippen LogP) is 5.87. The van der Waals surface area contributed by atoms with Gasteiger partial charge in [0.2, 0.25) is 21.8 Å². The summed E-state index contributed by atoms with van der Waals surface area (Å²) < 4.78 is 38.2. The van der Waals surface area contributed by atoms with Gasteiger partial charge in [-0.25, -0.2) is 8.42 Å². The summed E-state index contributed by atoms with van der Waals surface area (Å²) in [5.41, 5.74) is 1.40. The molecular weight excluding hydrogens is 637 g/mol. The second-order valence-electron chi connectivity index (χ2n) is 11.1. The maximum atomic E-state index is 14.5. The minimum absolute atomic E-state index is 0.0149. The smallest absolute Gasteiger partial charge is 0.244 e. The molecule has 242 valence electrons. The van der Waals surface area contributed by atoms with Crippen molar-refractivity contribution in [1.82, 2.24) is 10.2 Å². The Morgan fingerprint density at radius 3 is 2.20 bits per heavy atom. The third kappa shape index (κ3) is 9.05. The van der Waals surface area contributed by atoms with E-state index >= 15 is 0 Å². The third-order valence-corrected chi connectivity index (χ3v) is 9.78. The van der Waals surface area contributed by atoms with Crippen molar-refractivity contribution in [3.05, 3.63) is 87.9 Å². The first-order valence-electron chi connectivity index (χ1n) is 14.8. The predicted molar refractivity (Wildman–Crippen MR) is 178 cm³/mol. The molecule has 2 amide bonds. The highest BCUT2D eigenvalue weighted by molar-refractivity contribution is 7.92. The maximum absolute atomic E-state index is 14.5. The molecule has 1 aliphatic rings. The maximum Gasteiger partial charge on any atom is 0.244 e. The number of rotatable bonds is 13. The van der Waals surface area contributed by atoms with Gasteiger partial charge in [-0.1, -0.05) is 78.9 Å². The van der Waals surface area contributed by atoms with E-state index in [9.17, 15) is 18.0 Å². The van der Waals surface area contributed by atoms with E-state index in [0.29, 0.717) is 21.4 Å². The van der Waals surface area contributed by atoms with Crippen molar-refractivity contribution in [2.45, 2.75) is 57.2 Å². The molecule has 3 aromatic carbocycles. The molecule has 1 atom stereocenters. The molecule has 1 aliphatic carbocycles. The number of ether oxygens (including phenoxy) is 2. The molecular formula is C33H39Cl2N3O6S. The van der Waals surface area contributed by atoms with Crippen LogP contribution in [0.4, 0.5) is 5.69 Å². The fourth-order valence-corrected chi connectivity index (χ4v) is 6.90. The number of hydrogen-bond donors (Lipinski definition) is 1. The van der Waals surface area contributed by atoms with Gasteiger partial charge >= 0.3 is 0 Å². The summed E-state index contributed by atoms with van der Waals surface area (Å²) in [4.78, 5) is 30.0. The Morgan fingerprint density at radius 1 is 0.933 bits per heavy atom. The van der Waals surface area contributed by atoms with Crippen LogP contribution in [0.15, 0.2) is 66.7 Å². The van der Waals surface area contributed by atoms with Crippen molar-refractivity contribution in [2.24, 2.45) is 0 Å². The molecule has 12 heteroatoms. The standard InChI is InChI=1S/C33H39Cl2N3O6S/c1-43-25-17-18-31(44-2)29(20-25)38(45(3,41)42)22-32(39)37(21-26-27(34)15-10-16-28(26)35)30(19-23-11-6-4-7-12-23)33(40)36-24-13-8-5-9-14-24/h4,6-7,10-12,15-18,20,24,30H,5,8-9,13-14,19,21-22H2,1-3H3,(H,36,40)/t30-/m1/s1. The molecule has 0 radical (unpaired) electrons. The van der Waals surface area contributed by atoms with Crippen LogP contribution in [0.25, 0.3) is 0 Å². The van der Waals surface area contributed by atoms with Crippen molar-refractivity contribution >= 4 is 50.7 Å². The van der Waals surface area contributed by atoms with E-state index in [1.165, 1.54) is 25.2 Å². The van der Waals surface area contributed by atoms with Gasteiger partial charge in [0.25, 0.3) is 0 Å². The highest BCUT2D eigenvalue weighted by Gasteiger charge is 2.35. The number of halogens is 2. The highest BCUT2D eigenvalue weighted by Crippen LogP contribution is 2.34. The molecule has 1 saturated carbocycles. The lowest BCUT2D eigenvalue weighted by Crippen LogP contribution is -2.55. The van der Waals surface area contributed by atoms with Crippen molar-refractivity contribution in [3.63, 3.8) is 0 Å². The van der Waals surface area contributed by atoms with Gasteiger partial charge in [-0.15, -0.1) is 0 Å². The van der Waals surface area contributed by atoms with Crippen LogP contribution in [0.2, 0.25) is 10.0 Å². The molecule has 1 N–H and O–H groups in total. The summed E-state index contributed by atoms with van der Waals surface area (Å²) >= 11 is 13.1. The Kier molecular flexibility index (Phi) is 12.0. The molecule has 0 spiro atoms. The van der Waals surface area contributed by atoms with Crippen LogP contribution < -0.4 is 19.1 Å². The molecule has 0 bridgehead atoms. The summed E-state index contributed by atoms with van der Waals surface area (Å²) in [5, 5.41) is 3.81. The van der Waals surface area contributed by atoms with Crippen LogP contribution in [0.5, 0.6) is 11.5 Å². The number of carbonyl (C=O) groups excluding carboxylic acids is 2. The average Bonchev–Trinajstić information content (AvgIpc) is 3.02. The van der Waals surface area contributed by atoms with Gasteiger partial charge in [0.1, 0.15) is 24.1 Å². The van der Waals surface area contributed by atoms with Crippen molar-refractivity contribution < 1.29 is 27.5 Å². The Balaban J connectivity index is 1.80. The molecule has 9 nitrogen and oxygen atoms in total. The monoisotopic (exact) mass is 675 g/mol. The van der Waals surface area contributed by atoms with Gasteiger partial charge in [-0.3, -0.25) is 13.9 Å². The normalized spacial score (nSPS) is 14.3. The first-order chi connectivity index (χ1) is 21.5. The van der Waals surface area contributed by atoms with E-state index in [0.717, 1.165) is 48.2 Å². The zero-order valence-corrected chi connectivity index (χ0v) is 28.0. The van der Waals surface area contributed by atoms with Gasteiger partial charge < -0.3 is 19.7 Å². The number of methoxy groups -OCH3 is 2. The number of nitrogens with zero attached hydrogens (tertiary/aromatic N) is 2. The number of nitrogens with one attached hydrogen (secondary N) is 1. The lowest BCUT2D eigenvalue weighted by molar-refractivity contribution is -0.140. The molecule has 0 saturated heterocycles. The zero-order valence-electron chi connectivity index (χ0n) is 25.7. The molecule has 4 rings (SSSR count). The van der Waals surface area contributed by atoms with Gasteiger partial charge in [0.15, 0.2) is 0 Å². The second kappa shape index (κ2) is 15.7. The Bertz CT molecular complexity index is 1560. The Morgan fingerprint density at radius 2 is 1.60 bits per heavy atom. The summed E-state index contributed by atoms with van der Waals surface area (Å²) in [7, 11) is -1.16. The molecule has 45 heavy (non-hydrogen) atoms. The third-order valence-electron chi connectivity index (χ3n) is 7.95. The van der Waals surface area contributed by atoms with Crippen LogP contribution in [0, 0.1) is 0 Å². The van der Waals surface area contributed by atoms with Crippen LogP contribution in [0.1, 0.15) is 43.2 Å². The summed E-state index contributed by atoms with van der Waals surface area (Å²) in [6, 6.07) is 18.0. The zero-order chi connectivity index (χ0) is 32.6. The Labute approximate surface area is 275 Å². The van der Waals surface area contributed by atoms with Gasteiger partial charge in [0, 0.05) is 40.7 Å². The lowest BCUT2D eigenvalue weighted by Gasteiger charge is -2.35. The minimum Gasteiger partial charge on any atom is -0.497 e. The second-order valence-corrected chi connectivity index (χ2v) is 13.8. The molecule has 0 heterocycles. The lowest BCUT2D eigenvalue weighted by atomic mass is 9.94. The molecule has 0 aromatic heterocycles. The van der Waals surface area contributed by atoms with Crippen LogP contribution in [0.3, 0.4) is 0 Å². The van der Waals surface area contributed by atoms with E-state index in [1.54, 1.807) is 30.3 Å². The van der Waals surface area contributed by atoms with E-state index in [1.807, 2.05) is 30.3 Å². The van der Waals surface area contributed by atoms with E-state index < -0.39 is 28.5 Å². The largest absolute Gasteiger partial charge is 0.497 e. The Hall–Kier alpha value is -3.47. The van der Waals surface area contributed by atoms with E-state index in [4.69, 9.17) is 32.7 Å². The fourth-order valence-electron chi connectivity index (χ4n) is 5.54. The first-order valence-corrected chi connectivity index (χ1v) is 17.4. The summed E-state index contributed by atoms with van der Waals surface area (Å²) in [6.07, 6.45) is 6.04. The van der Waals surface area contributed by atoms with E-state index in [2.05, 4.69) is 5.32 Å². The van der Waals surface area contributed by atoms with Crippen LogP contribution in [-0.2, 0) is 32.6 Å². The number of benzene rings is 3. The number of hydrogen-bond acceptors (Lipinski definition) is 6. The van der Waals surface area contributed by atoms with Crippen molar-refractivity contribution in [1.29, 1.82) is 0 Å². The minimum atomic E-state index is -4.02. The number of sulfonamides is 1. The van der Waals surface area contributed by atoms with Gasteiger partial charge in [-0.2, -0.15) is 0 Å². The average molecular weight is 677 g/mol. The van der Waals surface area contributed by atoms with Crippen molar-refractivity contribution in [3.8, 4) is 11.5 Å². The SMILES string of the molecule is COc1ccc(OC)c(N(CC(=O)N(Cc2c(Cl)cccc2Cl)[C@H](Cc2ccccc2)C(=O)NC2CCCCC2)S(C)(=O)=O)c1.